The van der Waals surface area contributed by atoms with Crippen LogP contribution in [0.3, 0.4) is 0 Å². The lowest BCUT2D eigenvalue weighted by molar-refractivity contribution is -0.134. The molecular weight excluding hydrogens is 222 g/mol. The number of carboxylic acid groups (broad SMARTS) is 2. The zero-order chi connectivity index (χ0) is 13.4. The highest BCUT2D eigenvalue weighted by atomic mass is 16.4. The van der Waals surface area contributed by atoms with E-state index in [0.717, 1.165) is 6.08 Å². The van der Waals surface area contributed by atoms with Crippen molar-refractivity contribution < 1.29 is 19.8 Å². The predicted octanol–water partition coefficient (Wildman–Crippen LogP) is 1.74. The Balaban J connectivity index is 5.11. The van der Waals surface area contributed by atoms with Crippen molar-refractivity contribution in [3.63, 3.8) is 0 Å². The highest BCUT2D eigenvalue weighted by molar-refractivity contribution is 5.89. The topological polar surface area (TPSA) is 98.4 Å². The van der Waals surface area contributed by atoms with E-state index in [1.807, 2.05) is 0 Å². The van der Waals surface area contributed by atoms with Crippen molar-refractivity contribution in [2.24, 2.45) is 5.92 Å². The third-order valence-corrected chi connectivity index (χ3v) is 2.02. The van der Waals surface area contributed by atoms with E-state index >= 15 is 0 Å². The van der Waals surface area contributed by atoms with Crippen molar-refractivity contribution in [3.05, 3.63) is 35.5 Å². The Hall–Kier alpha value is -2.35. The van der Waals surface area contributed by atoms with Gasteiger partial charge < -0.3 is 10.2 Å². The van der Waals surface area contributed by atoms with Gasteiger partial charge in [0.15, 0.2) is 0 Å². The molecule has 0 aliphatic heterocycles. The monoisotopic (exact) mass is 235 g/mol. The number of nitrogens with zero attached hydrogens (tertiary/aromatic N) is 1. The van der Waals surface area contributed by atoms with E-state index in [2.05, 4.69) is 0 Å². The second kappa shape index (κ2) is 7.01. The fourth-order valence-electron chi connectivity index (χ4n) is 1.15. The molecule has 0 amide bonds. The Morgan fingerprint density at radius 1 is 1.29 bits per heavy atom. The van der Waals surface area contributed by atoms with Crippen LogP contribution in [0.1, 0.15) is 13.8 Å². The summed E-state index contributed by atoms with van der Waals surface area (Å²) in [5, 5.41) is 25.9. The summed E-state index contributed by atoms with van der Waals surface area (Å²) in [5.74, 6) is -2.78. The van der Waals surface area contributed by atoms with Gasteiger partial charge in [-0.05, 0) is 6.92 Å². The maximum absolute atomic E-state index is 10.9. The Bertz CT molecular complexity index is 438. The highest BCUT2D eigenvalue weighted by Gasteiger charge is 2.14. The zero-order valence-corrected chi connectivity index (χ0v) is 9.54. The minimum atomic E-state index is -1.14. The maximum atomic E-state index is 10.9. The van der Waals surface area contributed by atoms with E-state index in [0.29, 0.717) is 0 Å². The Labute approximate surface area is 99.0 Å². The molecule has 2 N–H and O–H groups in total. The van der Waals surface area contributed by atoms with E-state index in [1.165, 1.54) is 25.2 Å². The lowest BCUT2D eigenvalue weighted by Crippen LogP contribution is -2.09. The Kier molecular flexibility index (Phi) is 6.04. The van der Waals surface area contributed by atoms with E-state index in [1.54, 1.807) is 13.0 Å². The molecule has 0 saturated carbocycles. The van der Waals surface area contributed by atoms with Crippen LogP contribution in [0.25, 0.3) is 0 Å². The Morgan fingerprint density at radius 3 is 2.29 bits per heavy atom. The smallest absolute Gasteiger partial charge is 0.332 e. The predicted molar refractivity (Wildman–Crippen MR) is 61.0 cm³/mol. The van der Waals surface area contributed by atoms with Crippen LogP contribution in [0.2, 0.25) is 0 Å². The molecule has 0 bridgehead atoms. The summed E-state index contributed by atoms with van der Waals surface area (Å²) in [6.45, 7) is 2.97. The van der Waals surface area contributed by atoms with Crippen molar-refractivity contribution >= 4 is 11.9 Å². The second-order valence-corrected chi connectivity index (χ2v) is 3.36. The molecule has 0 aromatic heterocycles. The van der Waals surface area contributed by atoms with Gasteiger partial charge in [0.05, 0.1) is 6.07 Å². The summed E-state index contributed by atoms with van der Waals surface area (Å²) in [6, 6.07) is 1.73. The molecule has 0 aromatic rings. The molecule has 0 fully saturated rings. The van der Waals surface area contributed by atoms with Gasteiger partial charge in [-0.2, -0.15) is 5.26 Å². The van der Waals surface area contributed by atoms with Gasteiger partial charge in [0.2, 0.25) is 0 Å². The summed E-state index contributed by atoms with van der Waals surface area (Å²) >= 11 is 0. The van der Waals surface area contributed by atoms with Gasteiger partial charge >= 0.3 is 11.9 Å². The van der Waals surface area contributed by atoms with Gasteiger partial charge in [-0.15, -0.1) is 0 Å². The molecule has 0 spiro atoms. The molecule has 1 unspecified atom stereocenters. The zero-order valence-electron chi connectivity index (χ0n) is 9.54. The number of carbonyl (C=O) groups is 2. The summed E-state index contributed by atoms with van der Waals surface area (Å²) < 4.78 is 0. The average Bonchev–Trinajstić information content (AvgIpc) is 2.23. The molecule has 0 aromatic carbocycles. The molecule has 1 atom stereocenters. The van der Waals surface area contributed by atoms with Crippen LogP contribution in [-0.2, 0) is 9.59 Å². The lowest BCUT2D eigenvalue weighted by Gasteiger charge is -2.07. The lowest BCUT2D eigenvalue weighted by atomic mass is 9.98. The standard InChI is InChI=1S/C12H13NO4/c1-8(7-9(2)11(14)15)10(12(16)17)5-3-4-6-13/h3-5,7-8H,1-2H3,(H,14,15)(H,16,17). The molecule has 0 aliphatic carbocycles. The van der Waals surface area contributed by atoms with Crippen LogP contribution in [0.4, 0.5) is 0 Å². The molecule has 5 heteroatoms. The first-order chi connectivity index (χ1) is 7.90. The number of nitriles is 1. The number of hydrogen-bond acceptors (Lipinski definition) is 3. The minimum Gasteiger partial charge on any atom is -0.478 e. The molecule has 5 nitrogen and oxygen atoms in total. The van der Waals surface area contributed by atoms with Crippen molar-refractivity contribution in [2.75, 3.05) is 0 Å². The molecular formula is C12H13NO4. The van der Waals surface area contributed by atoms with Gasteiger partial charge in [-0.1, -0.05) is 25.2 Å². The van der Waals surface area contributed by atoms with Crippen LogP contribution >= 0.6 is 0 Å². The normalized spacial score (nSPS) is 14.4. The van der Waals surface area contributed by atoms with Crippen LogP contribution in [0, 0.1) is 17.2 Å². The van der Waals surface area contributed by atoms with Crippen molar-refractivity contribution in [1.29, 1.82) is 5.26 Å². The molecule has 0 radical (unpaired) electrons. The van der Waals surface area contributed by atoms with Crippen molar-refractivity contribution in [3.8, 4) is 6.07 Å². The summed E-state index contributed by atoms with van der Waals surface area (Å²) in [7, 11) is 0. The number of carboxylic acids is 2. The summed E-state index contributed by atoms with van der Waals surface area (Å²) in [5.41, 5.74) is 0.103. The van der Waals surface area contributed by atoms with Gasteiger partial charge in [0.1, 0.15) is 0 Å². The summed E-state index contributed by atoms with van der Waals surface area (Å²) in [6.07, 6.45) is 5.08. The third kappa shape index (κ3) is 5.33. The first kappa shape index (κ1) is 14.6. The fraction of sp³-hybridized carbons (Fsp3) is 0.250. The first-order valence-electron chi connectivity index (χ1n) is 4.81. The largest absolute Gasteiger partial charge is 0.478 e. The molecule has 0 rings (SSSR count). The molecule has 0 saturated heterocycles. The van der Waals surface area contributed by atoms with Crippen LogP contribution in [0.15, 0.2) is 35.5 Å². The quantitative estimate of drug-likeness (QED) is 0.429. The summed E-state index contributed by atoms with van der Waals surface area (Å²) in [4.78, 5) is 21.5. The average molecular weight is 235 g/mol. The molecule has 90 valence electrons. The van der Waals surface area contributed by atoms with Crippen LogP contribution < -0.4 is 0 Å². The van der Waals surface area contributed by atoms with E-state index in [-0.39, 0.29) is 11.1 Å². The van der Waals surface area contributed by atoms with Crippen molar-refractivity contribution in [2.45, 2.75) is 13.8 Å². The van der Waals surface area contributed by atoms with E-state index in [4.69, 9.17) is 15.5 Å². The van der Waals surface area contributed by atoms with Crippen LogP contribution in [-0.4, -0.2) is 22.2 Å². The molecule has 0 heterocycles. The minimum absolute atomic E-state index is 0.0251. The first-order valence-corrected chi connectivity index (χ1v) is 4.81. The number of rotatable bonds is 5. The SMILES string of the molecule is CC(=CC(C)C(=CC=CC#N)C(=O)O)C(=O)O. The van der Waals surface area contributed by atoms with Gasteiger partial charge in [-0.3, -0.25) is 0 Å². The Morgan fingerprint density at radius 2 is 1.88 bits per heavy atom. The van der Waals surface area contributed by atoms with Crippen molar-refractivity contribution in [1.82, 2.24) is 0 Å². The van der Waals surface area contributed by atoms with Crippen LogP contribution in [0.5, 0.6) is 0 Å². The maximum Gasteiger partial charge on any atom is 0.332 e. The highest BCUT2D eigenvalue weighted by Crippen LogP contribution is 2.15. The van der Waals surface area contributed by atoms with Gasteiger partial charge in [-0.25, -0.2) is 9.59 Å². The number of hydrogen-bond donors (Lipinski definition) is 2. The second-order valence-electron chi connectivity index (χ2n) is 3.36. The van der Waals surface area contributed by atoms with Gasteiger partial charge in [0.25, 0.3) is 0 Å². The van der Waals surface area contributed by atoms with E-state index in [9.17, 15) is 9.59 Å². The number of allylic oxidation sites excluding steroid dienone is 4. The molecule has 0 aliphatic rings. The molecule has 17 heavy (non-hydrogen) atoms. The fourth-order valence-corrected chi connectivity index (χ4v) is 1.15. The van der Waals surface area contributed by atoms with E-state index < -0.39 is 17.9 Å². The third-order valence-electron chi connectivity index (χ3n) is 2.02. The number of aliphatic carboxylic acids is 2. The van der Waals surface area contributed by atoms with Gasteiger partial charge in [0, 0.05) is 23.1 Å².